The summed E-state index contributed by atoms with van der Waals surface area (Å²) in [5, 5.41) is 20.4. The predicted octanol–water partition coefficient (Wildman–Crippen LogP) is 4.50. The molecule has 0 aliphatic heterocycles. The van der Waals surface area contributed by atoms with Gasteiger partial charge >= 0.3 is 5.97 Å². The van der Waals surface area contributed by atoms with Crippen molar-refractivity contribution in [1.29, 1.82) is 0 Å². The fourth-order valence-electron chi connectivity index (χ4n) is 1.66. The van der Waals surface area contributed by atoms with E-state index in [9.17, 15) is 14.9 Å². The summed E-state index contributed by atoms with van der Waals surface area (Å²) >= 11 is 7.05. The molecule has 0 spiro atoms. The van der Waals surface area contributed by atoms with Crippen LogP contribution in [-0.4, -0.2) is 16.0 Å². The summed E-state index contributed by atoms with van der Waals surface area (Å²) in [4.78, 5) is 22.5. The van der Waals surface area contributed by atoms with Gasteiger partial charge in [0.2, 0.25) is 0 Å². The molecule has 0 atom stereocenters. The third-order valence-electron chi connectivity index (χ3n) is 2.64. The Kier molecular flexibility index (Phi) is 5.19. The average Bonchev–Trinajstić information content (AvgIpc) is 2.48. The van der Waals surface area contributed by atoms with E-state index >= 15 is 0 Å². The molecular formula is C15H10ClNO4S. The Morgan fingerprint density at radius 3 is 2.50 bits per heavy atom. The van der Waals surface area contributed by atoms with Gasteiger partial charge < -0.3 is 5.11 Å². The van der Waals surface area contributed by atoms with Crippen LogP contribution in [0.25, 0.3) is 6.08 Å². The lowest BCUT2D eigenvalue weighted by atomic mass is 10.2. The van der Waals surface area contributed by atoms with E-state index in [1.165, 1.54) is 23.9 Å². The SMILES string of the molecule is O=C(O)C=Cc1ccc(Sc2ccc(Cl)cc2)c([N+](=O)[O-])c1. The first-order valence-electron chi connectivity index (χ1n) is 6.08. The molecule has 0 saturated heterocycles. The number of hydrogen-bond acceptors (Lipinski definition) is 4. The molecule has 2 aromatic rings. The van der Waals surface area contributed by atoms with Crippen LogP contribution in [0.5, 0.6) is 0 Å². The molecule has 0 heterocycles. The van der Waals surface area contributed by atoms with Crippen molar-refractivity contribution in [1.82, 2.24) is 0 Å². The van der Waals surface area contributed by atoms with Crippen LogP contribution in [0.3, 0.4) is 0 Å². The lowest BCUT2D eigenvalue weighted by molar-refractivity contribution is -0.387. The minimum absolute atomic E-state index is 0.0764. The van der Waals surface area contributed by atoms with Crippen LogP contribution in [0, 0.1) is 10.1 Å². The summed E-state index contributed by atoms with van der Waals surface area (Å²) in [6, 6.07) is 11.5. The molecule has 2 rings (SSSR count). The van der Waals surface area contributed by atoms with Crippen molar-refractivity contribution in [2.24, 2.45) is 0 Å². The molecule has 0 aromatic heterocycles. The van der Waals surface area contributed by atoms with Crippen molar-refractivity contribution in [2.45, 2.75) is 9.79 Å². The van der Waals surface area contributed by atoms with Crippen LogP contribution in [0.15, 0.2) is 58.3 Å². The second kappa shape index (κ2) is 7.11. The minimum atomic E-state index is -1.11. The van der Waals surface area contributed by atoms with Crippen molar-refractivity contribution in [3.8, 4) is 0 Å². The Hall–Kier alpha value is -2.31. The maximum absolute atomic E-state index is 11.2. The predicted molar refractivity (Wildman–Crippen MR) is 85.3 cm³/mol. The average molecular weight is 336 g/mol. The first-order valence-corrected chi connectivity index (χ1v) is 7.28. The quantitative estimate of drug-likeness (QED) is 0.494. The van der Waals surface area contributed by atoms with E-state index in [0.29, 0.717) is 15.5 Å². The number of benzene rings is 2. The molecule has 0 unspecified atom stereocenters. The van der Waals surface area contributed by atoms with Gasteiger partial charge in [-0.1, -0.05) is 29.4 Å². The molecule has 0 amide bonds. The van der Waals surface area contributed by atoms with Crippen LogP contribution >= 0.6 is 23.4 Å². The summed E-state index contributed by atoms with van der Waals surface area (Å²) in [6.45, 7) is 0. The lowest BCUT2D eigenvalue weighted by Gasteiger charge is -2.04. The zero-order valence-corrected chi connectivity index (χ0v) is 12.7. The second-order valence-electron chi connectivity index (χ2n) is 4.21. The number of carbonyl (C=O) groups is 1. The first kappa shape index (κ1) is 16.1. The van der Waals surface area contributed by atoms with Gasteiger partial charge in [-0.2, -0.15) is 0 Å². The van der Waals surface area contributed by atoms with Gasteiger partial charge in [-0.3, -0.25) is 10.1 Å². The fraction of sp³-hybridized carbons (Fsp3) is 0. The third-order valence-corrected chi connectivity index (χ3v) is 3.96. The number of halogens is 1. The zero-order chi connectivity index (χ0) is 16.1. The number of aliphatic carboxylic acids is 1. The summed E-state index contributed by atoms with van der Waals surface area (Å²) in [5.41, 5.74) is 0.377. The molecule has 0 aliphatic rings. The van der Waals surface area contributed by atoms with E-state index in [4.69, 9.17) is 16.7 Å². The molecule has 0 aliphatic carbocycles. The van der Waals surface area contributed by atoms with Crippen molar-refractivity contribution in [3.63, 3.8) is 0 Å². The van der Waals surface area contributed by atoms with E-state index in [1.54, 1.807) is 36.4 Å². The summed E-state index contributed by atoms with van der Waals surface area (Å²) in [7, 11) is 0. The minimum Gasteiger partial charge on any atom is -0.478 e. The van der Waals surface area contributed by atoms with Gasteiger partial charge in [0.25, 0.3) is 5.69 Å². The third kappa shape index (κ3) is 4.34. The van der Waals surface area contributed by atoms with E-state index in [-0.39, 0.29) is 5.69 Å². The Balaban J connectivity index is 2.32. The monoisotopic (exact) mass is 335 g/mol. The fourth-order valence-corrected chi connectivity index (χ4v) is 2.69. The number of carboxylic acids is 1. The highest BCUT2D eigenvalue weighted by Gasteiger charge is 2.15. The number of rotatable bonds is 5. The molecule has 2 aromatic carbocycles. The summed E-state index contributed by atoms with van der Waals surface area (Å²) in [5.74, 6) is -1.11. The second-order valence-corrected chi connectivity index (χ2v) is 5.76. The van der Waals surface area contributed by atoms with Crippen LogP contribution < -0.4 is 0 Å². The zero-order valence-electron chi connectivity index (χ0n) is 11.1. The van der Waals surface area contributed by atoms with E-state index < -0.39 is 10.9 Å². The normalized spacial score (nSPS) is 10.8. The van der Waals surface area contributed by atoms with Crippen molar-refractivity contribution in [2.75, 3.05) is 0 Å². The first-order chi connectivity index (χ1) is 10.5. The summed E-state index contributed by atoms with van der Waals surface area (Å²) in [6.07, 6.45) is 2.25. The molecule has 1 N–H and O–H groups in total. The molecule has 0 bridgehead atoms. The lowest BCUT2D eigenvalue weighted by Crippen LogP contribution is -1.92. The molecule has 22 heavy (non-hydrogen) atoms. The molecule has 0 fully saturated rings. The van der Waals surface area contributed by atoms with E-state index in [1.807, 2.05) is 0 Å². The molecule has 7 heteroatoms. The van der Waals surface area contributed by atoms with Crippen LogP contribution in [0.2, 0.25) is 5.02 Å². The van der Waals surface area contributed by atoms with Crippen molar-refractivity contribution >= 4 is 41.1 Å². The number of carboxylic acid groups (broad SMARTS) is 1. The molecule has 0 saturated carbocycles. The van der Waals surface area contributed by atoms with Gasteiger partial charge in [0.05, 0.1) is 9.82 Å². The van der Waals surface area contributed by atoms with E-state index in [2.05, 4.69) is 0 Å². The number of nitro benzene ring substituents is 1. The molecule has 0 radical (unpaired) electrons. The molecular weight excluding hydrogens is 326 g/mol. The van der Waals surface area contributed by atoms with Gasteiger partial charge in [-0.15, -0.1) is 0 Å². The van der Waals surface area contributed by atoms with Gasteiger partial charge in [0.15, 0.2) is 0 Å². The maximum atomic E-state index is 11.2. The number of hydrogen-bond donors (Lipinski definition) is 1. The van der Waals surface area contributed by atoms with Crippen LogP contribution in [0.4, 0.5) is 5.69 Å². The smallest absolute Gasteiger partial charge is 0.328 e. The highest BCUT2D eigenvalue weighted by Crippen LogP contribution is 2.35. The maximum Gasteiger partial charge on any atom is 0.328 e. The van der Waals surface area contributed by atoms with Crippen LogP contribution in [-0.2, 0) is 4.79 Å². The standard InChI is InChI=1S/C15H10ClNO4S/c16-11-3-5-12(6-4-11)22-14-7-1-10(2-8-15(18)19)9-13(14)17(20)21/h1-9H,(H,18,19). The van der Waals surface area contributed by atoms with Crippen molar-refractivity contribution in [3.05, 3.63) is 69.2 Å². The topological polar surface area (TPSA) is 80.4 Å². The van der Waals surface area contributed by atoms with Gasteiger partial charge in [0.1, 0.15) is 0 Å². The number of nitrogens with zero attached hydrogens (tertiary/aromatic N) is 1. The highest BCUT2D eigenvalue weighted by atomic mass is 35.5. The Labute approximate surface area is 135 Å². The Morgan fingerprint density at radius 1 is 1.23 bits per heavy atom. The van der Waals surface area contributed by atoms with Gasteiger partial charge in [-0.05, 0) is 42.0 Å². The summed E-state index contributed by atoms with van der Waals surface area (Å²) < 4.78 is 0. The Morgan fingerprint density at radius 2 is 1.91 bits per heavy atom. The van der Waals surface area contributed by atoms with Gasteiger partial charge in [0, 0.05) is 22.1 Å². The van der Waals surface area contributed by atoms with Gasteiger partial charge in [-0.25, -0.2) is 4.79 Å². The largest absolute Gasteiger partial charge is 0.478 e. The van der Waals surface area contributed by atoms with Crippen LogP contribution in [0.1, 0.15) is 5.56 Å². The number of nitro groups is 1. The van der Waals surface area contributed by atoms with E-state index in [0.717, 1.165) is 11.0 Å². The molecule has 112 valence electrons. The Bertz CT molecular complexity index is 744. The molecule has 5 nitrogen and oxygen atoms in total. The van der Waals surface area contributed by atoms with Crippen molar-refractivity contribution < 1.29 is 14.8 Å². The highest BCUT2D eigenvalue weighted by molar-refractivity contribution is 7.99.